The van der Waals surface area contributed by atoms with Crippen molar-refractivity contribution in [3.05, 3.63) is 57.8 Å². The Balaban J connectivity index is 2.04. The van der Waals surface area contributed by atoms with Crippen LogP contribution in [-0.4, -0.2) is 29.4 Å². The molecule has 0 aliphatic rings. The van der Waals surface area contributed by atoms with Gasteiger partial charge in [0, 0.05) is 10.9 Å². The number of rotatable bonds is 10. The fraction of sp³-hybridized carbons (Fsp3) is 0.536. The van der Waals surface area contributed by atoms with Gasteiger partial charge in [-0.25, -0.2) is 19.3 Å². The number of halogens is 4. The first-order chi connectivity index (χ1) is 17.7. The summed E-state index contributed by atoms with van der Waals surface area (Å²) in [5.74, 6) is -3.49. The Labute approximate surface area is 233 Å². The van der Waals surface area contributed by atoms with Crippen molar-refractivity contribution in [2.24, 2.45) is 5.41 Å². The van der Waals surface area contributed by atoms with Gasteiger partial charge in [-0.3, -0.25) is 0 Å². The summed E-state index contributed by atoms with van der Waals surface area (Å²) in [4.78, 5) is 13.1. The fourth-order valence-corrected chi connectivity index (χ4v) is 8.18. The molecule has 1 unspecified atom stereocenters. The van der Waals surface area contributed by atoms with Crippen molar-refractivity contribution in [1.29, 1.82) is 0 Å². The summed E-state index contributed by atoms with van der Waals surface area (Å²) in [6.07, 6.45) is 0.151. The Kier molecular flexibility index (Phi) is 9.31. The second-order valence-corrected chi connectivity index (χ2v) is 16.5. The van der Waals surface area contributed by atoms with E-state index in [0.29, 0.717) is 27.1 Å². The van der Waals surface area contributed by atoms with Crippen molar-refractivity contribution in [3.63, 3.8) is 0 Å². The van der Waals surface area contributed by atoms with Gasteiger partial charge >= 0.3 is 5.92 Å². The summed E-state index contributed by atoms with van der Waals surface area (Å²) in [5, 5.41) is 3.89. The van der Waals surface area contributed by atoms with Crippen LogP contribution < -0.4 is 5.32 Å². The molecule has 0 radical (unpaired) electrons. The van der Waals surface area contributed by atoms with E-state index in [0.717, 1.165) is 18.1 Å². The van der Waals surface area contributed by atoms with Gasteiger partial charge in [0.2, 0.25) is 0 Å². The summed E-state index contributed by atoms with van der Waals surface area (Å²) in [6, 6.07) is 7.47. The highest BCUT2D eigenvalue weighted by atomic mass is 79.9. The number of alkyl halides is 2. The lowest BCUT2D eigenvalue weighted by Crippen LogP contribution is -2.51. The molecule has 0 aliphatic heterocycles. The maximum atomic E-state index is 16.3. The normalized spacial score (nSPS) is 14.5. The quantitative estimate of drug-likeness (QED) is 0.183. The molecule has 3 rings (SSSR count). The van der Waals surface area contributed by atoms with Crippen molar-refractivity contribution >= 4 is 41.0 Å². The van der Waals surface area contributed by atoms with Crippen LogP contribution in [0.25, 0.3) is 10.9 Å². The minimum absolute atomic E-state index is 0.123. The van der Waals surface area contributed by atoms with E-state index in [2.05, 4.69) is 36.2 Å². The highest BCUT2D eigenvalue weighted by Crippen LogP contribution is 2.46. The Morgan fingerprint density at radius 3 is 2.29 bits per heavy atom. The number of aromatic nitrogens is 3. The van der Waals surface area contributed by atoms with Gasteiger partial charge in [-0.1, -0.05) is 53.7 Å². The first kappa shape index (κ1) is 30.5. The number of anilines is 1. The van der Waals surface area contributed by atoms with Crippen molar-refractivity contribution in [2.45, 2.75) is 91.6 Å². The van der Waals surface area contributed by atoms with Crippen LogP contribution in [0.3, 0.4) is 0 Å². The molecule has 0 aliphatic carbocycles. The van der Waals surface area contributed by atoms with E-state index in [1.54, 1.807) is 46.9 Å². The molecule has 0 saturated carbocycles. The molecule has 0 bridgehead atoms. The van der Waals surface area contributed by atoms with Gasteiger partial charge in [-0.05, 0) is 65.5 Å². The van der Waals surface area contributed by atoms with Gasteiger partial charge in [0.1, 0.15) is 28.2 Å². The topological polar surface area (TPSA) is 59.9 Å². The summed E-state index contributed by atoms with van der Waals surface area (Å²) < 4.78 is 55.6. The summed E-state index contributed by atoms with van der Waals surface area (Å²) in [5.41, 5.74) is -0.814. The number of pyridine rings is 1. The highest BCUT2D eigenvalue weighted by Gasteiger charge is 2.53. The average Bonchev–Trinajstić information content (AvgIpc) is 2.84. The molecule has 38 heavy (non-hydrogen) atoms. The zero-order valence-electron chi connectivity index (χ0n) is 23.4. The predicted octanol–water partition coefficient (Wildman–Crippen LogP) is 8.94. The number of hydrogen-bond acceptors (Lipinski definition) is 5. The van der Waals surface area contributed by atoms with Gasteiger partial charge in [-0.2, -0.15) is 8.78 Å². The van der Waals surface area contributed by atoms with E-state index >= 15 is 13.2 Å². The SMILES string of the molecule is CC[Si](CC)(CC)OC(C(C)(C)C)C(F)(F)c1cccc([C@@H](C)Nc2nc(C)nc3cnc(Br)cc23)c1F. The third-order valence-corrected chi connectivity index (χ3v) is 12.3. The number of nitrogens with one attached hydrogen (secondary N) is 1. The molecule has 1 aromatic carbocycles. The molecule has 3 aromatic rings. The van der Waals surface area contributed by atoms with Crippen LogP contribution in [0.5, 0.6) is 0 Å². The van der Waals surface area contributed by atoms with E-state index in [1.807, 2.05) is 20.8 Å². The van der Waals surface area contributed by atoms with E-state index in [9.17, 15) is 0 Å². The Hall–Kier alpha value is -2.04. The van der Waals surface area contributed by atoms with Crippen molar-refractivity contribution in [3.8, 4) is 0 Å². The van der Waals surface area contributed by atoms with Crippen LogP contribution in [0.2, 0.25) is 18.1 Å². The third-order valence-electron chi connectivity index (χ3n) is 7.28. The number of aryl methyl sites for hydroxylation is 1. The van der Waals surface area contributed by atoms with Crippen molar-refractivity contribution in [2.75, 3.05) is 5.32 Å². The monoisotopic (exact) mass is 610 g/mol. The highest BCUT2D eigenvalue weighted by molar-refractivity contribution is 9.10. The van der Waals surface area contributed by atoms with E-state index in [-0.39, 0.29) is 5.56 Å². The second kappa shape index (κ2) is 11.6. The van der Waals surface area contributed by atoms with Crippen LogP contribution in [0, 0.1) is 18.2 Å². The van der Waals surface area contributed by atoms with Crippen LogP contribution in [0.15, 0.2) is 35.1 Å². The molecule has 0 fully saturated rings. The molecule has 5 nitrogen and oxygen atoms in total. The standard InChI is InChI=1S/C28H38BrF3N4OSi/c1-9-38(10-2,11-3)37-26(27(6,7)8)28(31,32)21-14-12-13-19(24(21)30)17(4)34-25-20-15-23(29)33-16-22(20)35-18(5)36-25/h12-17,26H,9-11H2,1-8H3,(H,34,35,36)/t17-,26?/m1/s1. The van der Waals surface area contributed by atoms with E-state index < -0.39 is 43.2 Å². The summed E-state index contributed by atoms with van der Waals surface area (Å²) >= 11 is 3.36. The molecule has 2 atom stereocenters. The summed E-state index contributed by atoms with van der Waals surface area (Å²) in [6.45, 7) is 14.7. The second-order valence-electron chi connectivity index (χ2n) is 10.9. The molecule has 0 amide bonds. The Morgan fingerprint density at radius 2 is 1.71 bits per heavy atom. The number of hydrogen-bond donors (Lipinski definition) is 1. The van der Waals surface area contributed by atoms with Gasteiger partial charge in [0.25, 0.3) is 0 Å². The van der Waals surface area contributed by atoms with E-state index in [4.69, 9.17) is 4.43 Å². The van der Waals surface area contributed by atoms with Gasteiger partial charge in [-0.15, -0.1) is 0 Å². The van der Waals surface area contributed by atoms with E-state index in [1.165, 1.54) is 18.2 Å². The first-order valence-electron chi connectivity index (χ1n) is 13.1. The predicted molar refractivity (Wildman–Crippen MR) is 154 cm³/mol. The zero-order valence-corrected chi connectivity index (χ0v) is 26.0. The number of benzene rings is 1. The van der Waals surface area contributed by atoms with Gasteiger partial charge in [0.15, 0.2) is 8.32 Å². The van der Waals surface area contributed by atoms with Crippen molar-refractivity contribution < 1.29 is 17.6 Å². The van der Waals surface area contributed by atoms with Gasteiger partial charge < -0.3 is 9.74 Å². The molecule has 10 heteroatoms. The Morgan fingerprint density at radius 1 is 1.08 bits per heavy atom. The molecule has 0 saturated heterocycles. The third kappa shape index (κ3) is 6.23. The van der Waals surface area contributed by atoms with Crippen LogP contribution >= 0.6 is 15.9 Å². The van der Waals surface area contributed by atoms with Crippen LogP contribution in [0.1, 0.15) is 71.5 Å². The molecule has 208 valence electrons. The smallest absolute Gasteiger partial charge is 0.300 e. The largest absolute Gasteiger partial charge is 0.407 e. The van der Waals surface area contributed by atoms with Gasteiger partial charge in [0.05, 0.1) is 23.3 Å². The molecule has 1 N–H and O–H groups in total. The summed E-state index contributed by atoms with van der Waals surface area (Å²) in [7, 11) is -2.41. The maximum absolute atomic E-state index is 16.3. The number of nitrogens with zero attached hydrogens (tertiary/aromatic N) is 3. The minimum Gasteiger partial charge on any atom is -0.407 e. The maximum Gasteiger partial charge on any atom is 0.300 e. The Bertz CT molecular complexity index is 1270. The molecule has 0 spiro atoms. The van der Waals surface area contributed by atoms with Crippen LogP contribution in [0.4, 0.5) is 19.0 Å². The van der Waals surface area contributed by atoms with Crippen molar-refractivity contribution in [1.82, 2.24) is 15.0 Å². The lowest BCUT2D eigenvalue weighted by atomic mass is 9.82. The lowest BCUT2D eigenvalue weighted by molar-refractivity contribution is -0.149. The molecular weight excluding hydrogens is 573 g/mol. The zero-order chi connectivity index (χ0) is 28.5. The molecular formula is C28H38BrF3N4OSi. The average molecular weight is 612 g/mol. The number of fused-ring (bicyclic) bond motifs is 1. The molecule has 2 aromatic heterocycles. The minimum atomic E-state index is -3.54. The fourth-order valence-electron chi connectivity index (χ4n) is 4.84. The molecule has 2 heterocycles. The van der Waals surface area contributed by atoms with Crippen LogP contribution in [-0.2, 0) is 10.3 Å². The first-order valence-corrected chi connectivity index (χ1v) is 16.4. The lowest BCUT2D eigenvalue weighted by Gasteiger charge is -2.43.